The fourth-order valence-corrected chi connectivity index (χ4v) is 6.17. The Morgan fingerprint density at radius 1 is 0.966 bits per heavy atom. The summed E-state index contributed by atoms with van der Waals surface area (Å²) in [5.74, 6) is 1.02. The zero-order chi connectivity index (χ0) is 20.1. The summed E-state index contributed by atoms with van der Waals surface area (Å²) in [4.78, 5) is 17.7. The van der Waals surface area contributed by atoms with Crippen LogP contribution in [0.3, 0.4) is 0 Å². The quantitative estimate of drug-likeness (QED) is 0.440. The number of hydrogen-bond acceptors (Lipinski definition) is 3. The highest BCUT2D eigenvalue weighted by molar-refractivity contribution is 8.00. The number of carbonyl (C=O) groups is 1. The van der Waals surface area contributed by atoms with Crippen molar-refractivity contribution >= 4 is 17.8 Å². The maximum absolute atomic E-state index is 13.5. The molecule has 154 valence electrons. The molecule has 2 saturated heterocycles. The molecule has 2 aromatic carbocycles. The van der Waals surface area contributed by atoms with Crippen LogP contribution in [0.25, 0.3) is 0 Å². The van der Waals surface area contributed by atoms with Gasteiger partial charge in [0.25, 0.3) is 0 Å². The Bertz CT molecular complexity index is 786. The average Bonchev–Trinajstić information content (AvgIpc) is 3.27. The van der Waals surface area contributed by atoms with Crippen molar-refractivity contribution in [1.29, 1.82) is 0 Å². The number of amides is 2. The van der Waals surface area contributed by atoms with Gasteiger partial charge in [0.2, 0.25) is 0 Å². The third-order valence-corrected chi connectivity index (χ3v) is 7.36. The summed E-state index contributed by atoms with van der Waals surface area (Å²) in [5, 5.41) is 0.480. The van der Waals surface area contributed by atoms with Crippen LogP contribution in [-0.4, -0.2) is 52.1 Å². The summed E-state index contributed by atoms with van der Waals surface area (Å²) in [6.45, 7) is 5.00. The van der Waals surface area contributed by atoms with Gasteiger partial charge in [0.15, 0.2) is 0 Å². The fraction of sp³-hybridized carbons (Fsp3) is 0.458. The van der Waals surface area contributed by atoms with Gasteiger partial charge in [-0.05, 0) is 30.9 Å². The minimum Gasteiger partial charge on any atom is -0.382 e. The van der Waals surface area contributed by atoms with E-state index in [1.165, 1.54) is 11.1 Å². The van der Waals surface area contributed by atoms with Crippen LogP contribution in [0.1, 0.15) is 30.9 Å². The second-order valence-corrected chi connectivity index (χ2v) is 9.05. The molecule has 2 aliphatic heterocycles. The lowest BCUT2D eigenvalue weighted by Crippen LogP contribution is -2.40. The molecule has 0 aromatic heterocycles. The standard InChI is InChI=1S/C24H30N2O2S/c1-2-28-15-9-14-22-23-21(18-29-22)25(16-19-10-5-3-6-11-19)24(27)26(23)17-20-12-7-4-8-13-20/h3-8,10-13,21-23H,2,9,14-18H2,1H3/t21-,22?,23-/m0/s1. The van der Waals surface area contributed by atoms with Gasteiger partial charge in [0.05, 0.1) is 12.1 Å². The van der Waals surface area contributed by atoms with Gasteiger partial charge in [-0.2, -0.15) is 11.8 Å². The van der Waals surface area contributed by atoms with Crippen molar-refractivity contribution < 1.29 is 9.53 Å². The number of urea groups is 1. The summed E-state index contributed by atoms with van der Waals surface area (Å²) in [6.07, 6.45) is 2.16. The number of carbonyl (C=O) groups excluding carboxylic acids is 1. The molecular formula is C24H30N2O2S. The minimum atomic E-state index is 0.183. The van der Waals surface area contributed by atoms with Gasteiger partial charge >= 0.3 is 6.03 Å². The summed E-state index contributed by atoms with van der Waals surface area (Å²) >= 11 is 2.03. The lowest BCUT2D eigenvalue weighted by atomic mass is 10.0. The van der Waals surface area contributed by atoms with E-state index in [4.69, 9.17) is 4.74 Å². The van der Waals surface area contributed by atoms with Crippen molar-refractivity contribution in [2.45, 2.75) is 50.2 Å². The van der Waals surface area contributed by atoms with E-state index in [1.807, 2.05) is 30.8 Å². The molecule has 0 aliphatic carbocycles. The first-order valence-corrected chi connectivity index (χ1v) is 11.7. The van der Waals surface area contributed by atoms with Crippen LogP contribution in [0.15, 0.2) is 60.7 Å². The Morgan fingerprint density at radius 2 is 1.59 bits per heavy atom. The van der Waals surface area contributed by atoms with Crippen molar-refractivity contribution in [2.75, 3.05) is 19.0 Å². The number of nitrogens with zero attached hydrogens (tertiary/aromatic N) is 2. The molecule has 1 unspecified atom stereocenters. The Morgan fingerprint density at radius 3 is 2.21 bits per heavy atom. The van der Waals surface area contributed by atoms with Crippen LogP contribution in [0.2, 0.25) is 0 Å². The molecule has 2 fully saturated rings. The van der Waals surface area contributed by atoms with E-state index in [0.29, 0.717) is 18.3 Å². The summed E-state index contributed by atoms with van der Waals surface area (Å²) in [7, 11) is 0. The third-order valence-electron chi connectivity index (χ3n) is 5.88. The van der Waals surface area contributed by atoms with Crippen molar-refractivity contribution in [1.82, 2.24) is 9.80 Å². The maximum Gasteiger partial charge on any atom is 0.321 e. The zero-order valence-electron chi connectivity index (χ0n) is 17.1. The molecule has 0 radical (unpaired) electrons. The number of ether oxygens (including phenoxy) is 1. The first kappa shape index (κ1) is 20.3. The molecule has 2 amide bonds. The summed E-state index contributed by atoms with van der Waals surface area (Å²) in [6, 6.07) is 21.5. The second-order valence-electron chi connectivity index (χ2n) is 7.78. The van der Waals surface area contributed by atoms with Crippen molar-refractivity contribution in [3.05, 3.63) is 71.8 Å². The average molecular weight is 411 g/mol. The first-order valence-electron chi connectivity index (χ1n) is 10.6. The Balaban J connectivity index is 1.53. The number of hydrogen-bond donors (Lipinski definition) is 0. The van der Waals surface area contributed by atoms with Gasteiger partial charge in [0.1, 0.15) is 0 Å². The van der Waals surface area contributed by atoms with E-state index < -0.39 is 0 Å². The summed E-state index contributed by atoms with van der Waals surface area (Å²) < 4.78 is 5.55. The monoisotopic (exact) mass is 410 g/mol. The van der Waals surface area contributed by atoms with Gasteiger partial charge in [-0.3, -0.25) is 0 Å². The van der Waals surface area contributed by atoms with E-state index in [2.05, 4.69) is 58.3 Å². The van der Waals surface area contributed by atoms with Crippen LogP contribution in [0, 0.1) is 0 Å². The molecule has 0 N–H and O–H groups in total. The highest BCUT2D eigenvalue weighted by atomic mass is 32.2. The van der Waals surface area contributed by atoms with E-state index in [9.17, 15) is 4.79 Å². The number of rotatable bonds is 9. The van der Waals surface area contributed by atoms with Crippen LogP contribution >= 0.6 is 11.8 Å². The molecule has 2 heterocycles. The van der Waals surface area contributed by atoms with Crippen molar-refractivity contribution in [3.63, 3.8) is 0 Å². The second kappa shape index (κ2) is 9.68. The lowest BCUT2D eigenvalue weighted by Gasteiger charge is -2.27. The maximum atomic E-state index is 13.5. The zero-order valence-corrected chi connectivity index (χ0v) is 17.9. The van der Waals surface area contributed by atoms with E-state index in [0.717, 1.165) is 31.8 Å². The van der Waals surface area contributed by atoms with Gasteiger partial charge < -0.3 is 14.5 Å². The fourth-order valence-electron chi connectivity index (χ4n) is 4.49. The third kappa shape index (κ3) is 4.62. The molecule has 5 heteroatoms. The molecule has 2 aliphatic rings. The Kier molecular flexibility index (Phi) is 6.78. The normalized spacial score (nSPS) is 23.6. The molecule has 0 saturated carbocycles. The Hall–Kier alpha value is -1.98. The largest absolute Gasteiger partial charge is 0.382 e. The highest BCUT2D eigenvalue weighted by Gasteiger charge is 2.52. The van der Waals surface area contributed by atoms with Gasteiger partial charge in [-0.15, -0.1) is 0 Å². The molecule has 4 nitrogen and oxygen atoms in total. The highest BCUT2D eigenvalue weighted by Crippen LogP contribution is 2.42. The van der Waals surface area contributed by atoms with Crippen LogP contribution in [-0.2, 0) is 17.8 Å². The SMILES string of the molecule is CCOCCCC1SC[C@H]2[C@@H]1N(Cc1ccccc1)C(=O)N2Cc1ccccc1. The van der Waals surface area contributed by atoms with Gasteiger partial charge in [-0.25, -0.2) is 4.79 Å². The molecule has 2 aromatic rings. The van der Waals surface area contributed by atoms with Crippen molar-refractivity contribution in [2.24, 2.45) is 0 Å². The smallest absolute Gasteiger partial charge is 0.321 e. The van der Waals surface area contributed by atoms with Gasteiger partial charge in [0, 0.05) is 37.3 Å². The molecule has 0 spiro atoms. The first-order chi connectivity index (χ1) is 14.3. The van der Waals surface area contributed by atoms with E-state index in [1.54, 1.807) is 0 Å². The molecular weight excluding hydrogens is 380 g/mol. The predicted molar refractivity (Wildman–Crippen MR) is 119 cm³/mol. The number of fused-ring (bicyclic) bond motifs is 1. The van der Waals surface area contributed by atoms with Crippen LogP contribution in [0.5, 0.6) is 0 Å². The minimum absolute atomic E-state index is 0.183. The van der Waals surface area contributed by atoms with E-state index in [-0.39, 0.29) is 18.1 Å². The number of benzene rings is 2. The Labute approximate surface area is 178 Å². The number of thioether (sulfide) groups is 1. The topological polar surface area (TPSA) is 32.8 Å². The van der Waals surface area contributed by atoms with Gasteiger partial charge in [-0.1, -0.05) is 60.7 Å². The molecule has 0 bridgehead atoms. The molecule has 29 heavy (non-hydrogen) atoms. The van der Waals surface area contributed by atoms with E-state index >= 15 is 0 Å². The van der Waals surface area contributed by atoms with Crippen LogP contribution < -0.4 is 0 Å². The summed E-state index contributed by atoms with van der Waals surface area (Å²) in [5.41, 5.74) is 2.40. The molecule has 3 atom stereocenters. The van der Waals surface area contributed by atoms with Crippen molar-refractivity contribution in [3.8, 4) is 0 Å². The predicted octanol–water partition coefficient (Wildman–Crippen LogP) is 4.79. The molecule has 4 rings (SSSR count). The van der Waals surface area contributed by atoms with Crippen LogP contribution in [0.4, 0.5) is 4.79 Å². The lowest BCUT2D eigenvalue weighted by molar-refractivity contribution is 0.141.